The van der Waals surface area contributed by atoms with Crippen LogP contribution in [0, 0.1) is 6.92 Å². The summed E-state index contributed by atoms with van der Waals surface area (Å²) in [7, 11) is 0. The van der Waals surface area contributed by atoms with Crippen molar-refractivity contribution in [3.05, 3.63) is 125 Å². The number of rotatable bonds is 7. The second kappa shape index (κ2) is 10.2. The fraction of sp³-hybridized carbons (Fsp3) is 0.0690. The minimum Gasteiger partial charge on any atom is -0.324 e. The molecule has 0 aliphatic rings. The lowest BCUT2D eigenvalue weighted by Crippen LogP contribution is -2.24. The molecular formula is C29H24N6O2. The number of aromatic nitrogens is 4. The summed E-state index contributed by atoms with van der Waals surface area (Å²) in [6.07, 6.45) is 6.73. The van der Waals surface area contributed by atoms with Crippen LogP contribution in [0.25, 0.3) is 16.7 Å². The first-order chi connectivity index (χ1) is 18.0. The molecule has 0 spiro atoms. The van der Waals surface area contributed by atoms with Gasteiger partial charge in [-0.1, -0.05) is 36.4 Å². The number of pyridine rings is 2. The molecule has 182 valence electrons. The molecule has 0 aliphatic heterocycles. The summed E-state index contributed by atoms with van der Waals surface area (Å²) in [5.41, 5.74) is 4.78. The summed E-state index contributed by atoms with van der Waals surface area (Å²) in [6, 6.07) is 20.5. The zero-order valence-corrected chi connectivity index (χ0v) is 20.2. The first-order valence-electron chi connectivity index (χ1n) is 11.7. The Kier molecular flexibility index (Phi) is 6.54. The molecule has 0 unspecified atom stereocenters. The lowest BCUT2D eigenvalue weighted by atomic mass is 10.1. The van der Waals surface area contributed by atoms with Crippen LogP contribution in [-0.2, 0) is 11.2 Å². The summed E-state index contributed by atoms with van der Waals surface area (Å²) >= 11 is 0. The number of aryl methyl sites for hydroxylation is 1. The molecule has 5 aromatic rings. The van der Waals surface area contributed by atoms with Gasteiger partial charge in [-0.15, -0.1) is 0 Å². The van der Waals surface area contributed by atoms with E-state index >= 15 is 0 Å². The van der Waals surface area contributed by atoms with Crippen LogP contribution in [0.3, 0.4) is 0 Å². The van der Waals surface area contributed by atoms with Gasteiger partial charge in [0.2, 0.25) is 11.9 Å². The quantitative estimate of drug-likeness (QED) is 0.315. The van der Waals surface area contributed by atoms with Crippen molar-refractivity contribution >= 4 is 34.3 Å². The molecule has 0 aliphatic carbocycles. The molecule has 5 rings (SSSR count). The average molecular weight is 489 g/mol. The lowest BCUT2D eigenvalue weighted by Gasteiger charge is -2.15. The normalized spacial score (nSPS) is 10.7. The van der Waals surface area contributed by atoms with E-state index < -0.39 is 0 Å². The van der Waals surface area contributed by atoms with Crippen molar-refractivity contribution < 1.29 is 4.79 Å². The van der Waals surface area contributed by atoms with Gasteiger partial charge in [-0.2, -0.15) is 4.98 Å². The van der Waals surface area contributed by atoms with Crippen LogP contribution in [0.15, 0.2) is 103 Å². The van der Waals surface area contributed by atoms with E-state index in [1.807, 2.05) is 49.4 Å². The molecular weight excluding hydrogens is 464 g/mol. The standard InChI is InChI=1S/C29H24N6O2/c1-3-26(36)32-24-7-4-8-25(16-24)35-27-22(15-21(28(35)37)14-20-6-5-13-30-17-20)18-31-29(34-27)33-23-11-9-19(2)10-12-23/h3-13,15-18H,1,14H2,2H3,(H,32,36)(H,31,33,34). The smallest absolute Gasteiger partial charge is 0.260 e. The third kappa shape index (κ3) is 5.28. The van der Waals surface area contributed by atoms with E-state index in [1.165, 1.54) is 6.08 Å². The van der Waals surface area contributed by atoms with E-state index in [2.05, 4.69) is 27.2 Å². The Balaban J connectivity index is 1.66. The molecule has 1 amide bonds. The number of nitrogens with zero attached hydrogens (tertiary/aromatic N) is 4. The van der Waals surface area contributed by atoms with Gasteiger partial charge >= 0.3 is 0 Å². The molecule has 0 fully saturated rings. The molecule has 0 atom stereocenters. The molecule has 0 radical (unpaired) electrons. The SMILES string of the molecule is C=CC(=O)Nc1cccc(-n2c(=O)c(Cc3cccnc3)cc3cnc(Nc4ccc(C)cc4)nc32)c1. The van der Waals surface area contributed by atoms with Gasteiger partial charge in [-0.25, -0.2) is 4.98 Å². The second-order valence-corrected chi connectivity index (χ2v) is 8.56. The minimum absolute atomic E-state index is 0.219. The Hall–Kier alpha value is -5.11. The summed E-state index contributed by atoms with van der Waals surface area (Å²) in [5.74, 6) is 0.0206. The summed E-state index contributed by atoms with van der Waals surface area (Å²) in [5, 5.41) is 6.66. The highest BCUT2D eigenvalue weighted by atomic mass is 16.1. The fourth-order valence-corrected chi connectivity index (χ4v) is 3.98. The Morgan fingerprint density at radius 2 is 1.86 bits per heavy atom. The van der Waals surface area contributed by atoms with Gasteiger partial charge in [0.1, 0.15) is 0 Å². The van der Waals surface area contributed by atoms with Gasteiger partial charge in [0.05, 0.1) is 5.69 Å². The molecule has 8 nitrogen and oxygen atoms in total. The van der Waals surface area contributed by atoms with Gasteiger partial charge in [0, 0.05) is 47.3 Å². The Bertz CT molecular complexity index is 1660. The second-order valence-electron chi connectivity index (χ2n) is 8.56. The van der Waals surface area contributed by atoms with Crippen molar-refractivity contribution in [2.24, 2.45) is 0 Å². The monoisotopic (exact) mass is 488 g/mol. The van der Waals surface area contributed by atoms with E-state index in [9.17, 15) is 9.59 Å². The lowest BCUT2D eigenvalue weighted by molar-refractivity contribution is -0.111. The number of hydrogen-bond donors (Lipinski definition) is 2. The van der Waals surface area contributed by atoms with Crippen molar-refractivity contribution in [3.63, 3.8) is 0 Å². The molecule has 8 heteroatoms. The Labute approximate surface area is 213 Å². The summed E-state index contributed by atoms with van der Waals surface area (Å²) in [4.78, 5) is 39.1. The zero-order chi connectivity index (χ0) is 25.8. The molecule has 37 heavy (non-hydrogen) atoms. The highest BCUT2D eigenvalue weighted by molar-refractivity contribution is 5.99. The number of fused-ring (bicyclic) bond motifs is 1. The molecule has 0 saturated carbocycles. The fourth-order valence-electron chi connectivity index (χ4n) is 3.98. The number of nitrogens with one attached hydrogen (secondary N) is 2. The summed E-state index contributed by atoms with van der Waals surface area (Å²) < 4.78 is 1.55. The molecule has 0 saturated heterocycles. The summed E-state index contributed by atoms with van der Waals surface area (Å²) in [6.45, 7) is 5.51. The van der Waals surface area contributed by atoms with Gasteiger partial charge in [0.15, 0.2) is 5.65 Å². The maximum Gasteiger partial charge on any atom is 0.260 e. The first-order valence-corrected chi connectivity index (χ1v) is 11.7. The number of anilines is 3. The molecule has 0 bridgehead atoms. The van der Waals surface area contributed by atoms with Crippen LogP contribution >= 0.6 is 0 Å². The Morgan fingerprint density at radius 1 is 1.03 bits per heavy atom. The largest absolute Gasteiger partial charge is 0.324 e. The van der Waals surface area contributed by atoms with Crippen LogP contribution < -0.4 is 16.2 Å². The number of amides is 1. The van der Waals surface area contributed by atoms with Crippen molar-refractivity contribution in [2.45, 2.75) is 13.3 Å². The van der Waals surface area contributed by atoms with Crippen LogP contribution in [0.5, 0.6) is 0 Å². The van der Waals surface area contributed by atoms with Crippen LogP contribution in [0.4, 0.5) is 17.3 Å². The predicted octanol–water partition coefficient (Wildman–Crippen LogP) is 4.94. The van der Waals surface area contributed by atoms with E-state index in [4.69, 9.17) is 4.98 Å². The predicted molar refractivity (Wildman–Crippen MR) is 145 cm³/mol. The van der Waals surface area contributed by atoms with Gasteiger partial charge < -0.3 is 10.6 Å². The van der Waals surface area contributed by atoms with E-state index in [1.54, 1.807) is 47.4 Å². The molecule has 2 N–H and O–H groups in total. The van der Waals surface area contributed by atoms with Gasteiger partial charge in [0.25, 0.3) is 5.56 Å². The number of benzene rings is 2. The highest BCUT2D eigenvalue weighted by Gasteiger charge is 2.15. The highest BCUT2D eigenvalue weighted by Crippen LogP contribution is 2.22. The first kappa shape index (κ1) is 23.6. The molecule has 3 heterocycles. The van der Waals surface area contributed by atoms with Crippen molar-refractivity contribution in [1.82, 2.24) is 19.5 Å². The topological polar surface area (TPSA) is 102 Å². The number of carbonyl (C=O) groups excluding carboxylic acids is 1. The van der Waals surface area contributed by atoms with E-state index in [0.717, 1.165) is 16.8 Å². The minimum atomic E-state index is -0.341. The number of hydrogen-bond acceptors (Lipinski definition) is 6. The molecule has 3 aromatic heterocycles. The van der Waals surface area contributed by atoms with Crippen LogP contribution in [0.1, 0.15) is 16.7 Å². The Morgan fingerprint density at radius 3 is 2.62 bits per heavy atom. The maximum absolute atomic E-state index is 13.8. The maximum atomic E-state index is 13.8. The third-order valence-electron chi connectivity index (χ3n) is 5.80. The van der Waals surface area contributed by atoms with Crippen molar-refractivity contribution in [1.29, 1.82) is 0 Å². The number of carbonyl (C=O) groups is 1. The average Bonchev–Trinajstić information content (AvgIpc) is 2.91. The van der Waals surface area contributed by atoms with Gasteiger partial charge in [-0.05, 0) is 61.0 Å². The van der Waals surface area contributed by atoms with E-state index in [0.29, 0.717) is 40.3 Å². The van der Waals surface area contributed by atoms with Crippen LogP contribution in [0.2, 0.25) is 0 Å². The van der Waals surface area contributed by atoms with Crippen molar-refractivity contribution in [3.8, 4) is 5.69 Å². The zero-order valence-electron chi connectivity index (χ0n) is 20.2. The molecule has 2 aromatic carbocycles. The third-order valence-corrected chi connectivity index (χ3v) is 5.80. The van der Waals surface area contributed by atoms with Crippen molar-refractivity contribution in [2.75, 3.05) is 10.6 Å². The van der Waals surface area contributed by atoms with E-state index in [-0.39, 0.29) is 11.5 Å². The van der Waals surface area contributed by atoms with Gasteiger partial charge in [-0.3, -0.25) is 19.1 Å². The van der Waals surface area contributed by atoms with Crippen LogP contribution in [-0.4, -0.2) is 25.4 Å².